The Labute approximate surface area is 175 Å². The van der Waals surface area contributed by atoms with E-state index in [1.165, 1.54) is 6.42 Å². The number of nitrogens with zero attached hydrogens (tertiary/aromatic N) is 7. The molecule has 9 nitrogen and oxygen atoms in total. The highest BCUT2D eigenvalue weighted by atomic mass is 16.5. The van der Waals surface area contributed by atoms with Gasteiger partial charge in [-0.3, -0.25) is 0 Å². The van der Waals surface area contributed by atoms with Crippen LogP contribution in [0, 0.1) is 0 Å². The van der Waals surface area contributed by atoms with Crippen molar-refractivity contribution in [3.05, 3.63) is 24.3 Å². The average Bonchev–Trinajstić information content (AvgIpc) is 3.11. The molecule has 0 aliphatic carbocycles. The van der Waals surface area contributed by atoms with Crippen molar-refractivity contribution in [2.24, 2.45) is 0 Å². The van der Waals surface area contributed by atoms with E-state index in [9.17, 15) is 0 Å². The van der Waals surface area contributed by atoms with Crippen LogP contribution in [0.25, 0.3) is 17.0 Å². The maximum absolute atomic E-state index is 6.30. The van der Waals surface area contributed by atoms with Crippen LogP contribution in [0.2, 0.25) is 0 Å². The molecule has 1 aromatic carbocycles. The minimum absolute atomic E-state index is 0.108. The number of imidazole rings is 1. The SMILES string of the molecule is C[C@@H]1OCCN(c2nc(N3CCCCC3)nc(-n3c(N)nc4ccccc43)n2)[C@@H]1C. The van der Waals surface area contributed by atoms with Gasteiger partial charge in [-0.15, -0.1) is 0 Å². The number of rotatable bonds is 3. The Morgan fingerprint density at radius 3 is 2.47 bits per heavy atom. The van der Waals surface area contributed by atoms with Gasteiger partial charge in [-0.25, -0.2) is 9.55 Å². The van der Waals surface area contributed by atoms with Crippen LogP contribution in [0.3, 0.4) is 0 Å². The molecule has 2 saturated heterocycles. The first kappa shape index (κ1) is 19.0. The van der Waals surface area contributed by atoms with E-state index < -0.39 is 0 Å². The summed E-state index contributed by atoms with van der Waals surface area (Å²) in [5.41, 5.74) is 8.01. The monoisotopic (exact) mass is 408 g/mol. The number of hydrogen-bond donors (Lipinski definition) is 1. The topological polar surface area (TPSA) is 98.2 Å². The number of nitrogen functional groups attached to an aromatic ring is 1. The lowest BCUT2D eigenvalue weighted by atomic mass is 10.1. The van der Waals surface area contributed by atoms with Crippen molar-refractivity contribution in [3.63, 3.8) is 0 Å². The maximum atomic E-state index is 6.30. The van der Waals surface area contributed by atoms with Gasteiger partial charge in [0.05, 0.1) is 29.8 Å². The molecule has 0 bridgehead atoms. The van der Waals surface area contributed by atoms with Crippen LogP contribution in [0.15, 0.2) is 24.3 Å². The Hall–Kier alpha value is -2.94. The molecule has 2 atom stereocenters. The van der Waals surface area contributed by atoms with Crippen molar-refractivity contribution in [3.8, 4) is 5.95 Å². The third kappa shape index (κ3) is 3.32. The standard InChI is InChI=1S/C21H28N8O/c1-14-15(2)30-13-12-28(14)20-24-19(27-10-6-3-7-11-27)25-21(26-20)29-17-9-5-4-8-16(17)23-18(29)22/h4-5,8-9,14-15H,3,6-7,10-13H2,1-2H3,(H2,22,23)/t14-,15+/m1/s1. The highest BCUT2D eigenvalue weighted by Gasteiger charge is 2.29. The molecular formula is C21H28N8O. The molecule has 0 saturated carbocycles. The molecule has 4 heterocycles. The minimum Gasteiger partial charge on any atom is -0.375 e. The van der Waals surface area contributed by atoms with E-state index >= 15 is 0 Å². The van der Waals surface area contributed by atoms with E-state index in [1.807, 2.05) is 28.8 Å². The van der Waals surface area contributed by atoms with Gasteiger partial charge in [0.2, 0.25) is 23.8 Å². The van der Waals surface area contributed by atoms with E-state index in [-0.39, 0.29) is 12.1 Å². The summed E-state index contributed by atoms with van der Waals surface area (Å²) in [4.78, 5) is 23.5. The lowest BCUT2D eigenvalue weighted by molar-refractivity contribution is 0.0277. The number of hydrogen-bond acceptors (Lipinski definition) is 8. The van der Waals surface area contributed by atoms with E-state index in [0.29, 0.717) is 30.4 Å². The molecule has 5 rings (SSSR count). The quantitative estimate of drug-likeness (QED) is 0.705. The second kappa shape index (κ2) is 7.71. The Morgan fingerprint density at radius 2 is 1.63 bits per heavy atom. The number of para-hydroxylation sites is 2. The van der Waals surface area contributed by atoms with Crippen molar-refractivity contribution >= 4 is 28.9 Å². The van der Waals surface area contributed by atoms with Crippen LogP contribution in [0.4, 0.5) is 17.8 Å². The molecule has 30 heavy (non-hydrogen) atoms. The molecule has 158 valence electrons. The molecule has 9 heteroatoms. The van der Waals surface area contributed by atoms with E-state index in [1.54, 1.807) is 0 Å². The van der Waals surface area contributed by atoms with Gasteiger partial charge in [0, 0.05) is 19.6 Å². The number of piperidine rings is 1. The van der Waals surface area contributed by atoms with Gasteiger partial charge in [-0.05, 0) is 45.2 Å². The molecule has 2 aliphatic rings. The van der Waals surface area contributed by atoms with E-state index in [4.69, 9.17) is 25.4 Å². The zero-order valence-electron chi connectivity index (χ0n) is 17.5. The van der Waals surface area contributed by atoms with Crippen molar-refractivity contribution in [1.29, 1.82) is 0 Å². The summed E-state index contributed by atoms with van der Waals surface area (Å²) in [6, 6.07) is 8.02. The van der Waals surface area contributed by atoms with Gasteiger partial charge >= 0.3 is 0 Å². The molecular weight excluding hydrogens is 380 g/mol. The number of morpholine rings is 1. The molecule has 3 aromatic rings. The summed E-state index contributed by atoms with van der Waals surface area (Å²) in [6.45, 7) is 7.55. The average molecular weight is 409 g/mol. The fraction of sp³-hybridized carbons (Fsp3) is 0.524. The van der Waals surface area contributed by atoms with Crippen LogP contribution >= 0.6 is 0 Å². The number of fused-ring (bicyclic) bond motifs is 1. The van der Waals surface area contributed by atoms with Crippen molar-refractivity contribution in [2.45, 2.75) is 45.3 Å². The fourth-order valence-corrected chi connectivity index (χ4v) is 4.28. The van der Waals surface area contributed by atoms with Gasteiger partial charge in [-0.1, -0.05) is 12.1 Å². The Balaban J connectivity index is 1.65. The van der Waals surface area contributed by atoms with Gasteiger partial charge in [0.1, 0.15) is 0 Å². The van der Waals surface area contributed by atoms with Crippen LogP contribution in [-0.2, 0) is 4.74 Å². The minimum atomic E-state index is 0.108. The number of nitrogens with two attached hydrogens (primary N) is 1. The second-order valence-corrected chi connectivity index (χ2v) is 8.09. The molecule has 0 unspecified atom stereocenters. The van der Waals surface area contributed by atoms with E-state index in [2.05, 4.69) is 28.6 Å². The number of ether oxygens (including phenoxy) is 1. The second-order valence-electron chi connectivity index (χ2n) is 8.09. The first-order chi connectivity index (χ1) is 14.6. The molecule has 0 amide bonds. The molecule has 0 spiro atoms. The predicted octanol–water partition coefficient (Wildman–Crippen LogP) is 2.40. The zero-order chi connectivity index (χ0) is 20.7. The van der Waals surface area contributed by atoms with Crippen molar-refractivity contribution in [2.75, 3.05) is 41.8 Å². The summed E-state index contributed by atoms with van der Waals surface area (Å²) in [5, 5.41) is 0. The highest BCUT2D eigenvalue weighted by molar-refractivity contribution is 5.80. The zero-order valence-corrected chi connectivity index (χ0v) is 17.5. The third-order valence-electron chi connectivity index (χ3n) is 6.17. The van der Waals surface area contributed by atoms with Crippen molar-refractivity contribution < 1.29 is 4.74 Å². The Morgan fingerprint density at radius 1 is 0.900 bits per heavy atom. The van der Waals surface area contributed by atoms with Crippen LogP contribution in [-0.4, -0.2) is 62.9 Å². The van der Waals surface area contributed by atoms with Gasteiger partial charge < -0.3 is 20.3 Å². The first-order valence-electron chi connectivity index (χ1n) is 10.7. The lowest BCUT2D eigenvalue weighted by Gasteiger charge is -2.38. The lowest BCUT2D eigenvalue weighted by Crippen LogP contribution is -2.49. The number of aromatic nitrogens is 5. The van der Waals surface area contributed by atoms with Crippen LogP contribution in [0.1, 0.15) is 33.1 Å². The van der Waals surface area contributed by atoms with E-state index in [0.717, 1.165) is 43.5 Å². The predicted molar refractivity (Wildman–Crippen MR) is 117 cm³/mol. The van der Waals surface area contributed by atoms with Crippen molar-refractivity contribution in [1.82, 2.24) is 24.5 Å². The molecule has 2 aromatic heterocycles. The first-order valence-corrected chi connectivity index (χ1v) is 10.7. The summed E-state index contributed by atoms with van der Waals surface area (Å²) < 4.78 is 7.63. The summed E-state index contributed by atoms with van der Waals surface area (Å²) in [5.74, 6) is 2.26. The molecule has 2 N–H and O–H groups in total. The number of anilines is 3. The van der Waals surface area contributed by atoms with Gasteiger partial charge in [-0.2, -0.15) is 15.0 Å². The Kier molecular flexibility index (Phi) is 4.90. The van der Waals surface area contributed by atoms with Crippen LogP contribution < -0.4 is 15.5 Å². The Bertz CT molecular complexity index is 1040. The summed E-state index contributed by atoms with van der Waals surface area (Å²) in [7, 11) is 0. The molecule has 2 aliphatic heterocycles. The number of benzene rings is 1. The maximum Gasteiger partial charge on any atom is 0.243 e. The summed E-state index contributed by atoms with van der Waals surface area (Å²) in [6.07, 6.45) is 3.66. The third-order valence-corrected chi connectivity index (χ3v) is 6.17. The normalized spacial score (nSPS) is 22.6. The van der Waals surface area contributed by atoms with Gasteiger partial charge in [0.25, 0.3) is 0 Å². The smallest absolute Gasteiger partial charge is 0.243 e. The molecule has 2 fully saturated rings. The summed E-state index contributed by atoms with van der Waals surface area (Å²) >= 11 is 0. The fourth-order valence-electron chi connectivity index (χ4n) is 4.28. The van der Waals surface area contributed by atoms with Gasteiger partial charge in [0.15, 0.2) is 0 Å². The molecule has 0 radical (unpaired) electrons. The van der Waals surface area contributed by atoms with Crippen LogP contribution in [0.5, 0.6) is 0 Å². The highest BCUT2D eigenvalue weighted by Crippen LogP contribution is 2.27. The largest absolute Gasteiger partial charge is 0.375 e.